The number of fused-ring (bicyclic) bond motifs is 1. The highest BCUT2D eigenvalue weighted by atomic mass is 32.2. The molecule has 1 saturated carbocycles. The maximum absolute atomic E-state index is 13.4. The SMILES string of the molecule is C[C@@H]1Cc2cc(S(=O)(=O)N3CCC(C(=O)N(C)Cc4ccco4)CC3)ccc2N1C(=O)C1CCC1. The largest absolute Gasteiger partial charge is 0.467 e. The summed E-state index contributed by atoms with van der Waals surface area (Å²) in [6, 6.07) is 8.82. The third kappa shape index (κ3) is 4.51. The highest BCUT2D eigenvalue weighted by Crippen LogP contribution is 2.39. The molecule has 5 rings (SSSR count). The van der Waals surface area contributed by atoms with Crippen molar-refractivity contribution >= 4 is 27.5 Å². The Hall–Kier alpha value is -2.65. The zero-order valence-corrected chi connectivity index (χ0v) is 21.2. The van der Waals surface area contributed by atoms with Crippen molar-refractivity contribution in [2.24, 2.45) is 11.8 Å². The van der Waals surface area contributed by atoms with Gasteiger partial charge in [-0.15, -0.1) is 0 Å². The number of nitrogens with zero attached hydrogens (tertiary/aromatic N) is 3. The van der Waals surface area contributed by atoms with E-state index in [9.17, 15) is 18.0 Å². The molecule has 2 aromatic rings. The van der Waals surface area contributed by atoms with Gasteiger partial charge in [-0.2, -0.15) is 4.31 Å². The summed E-state index contributed by atoms with van der Waals surface area (Å²) in [5.41, 5.74) is 1.76. The van der Waals surface area contributed by atoms with Gasteiger partial charge in [0, 0.05) is 43.7 Å². The van der Waals surface area contributed by atoms with Crippen LogP contribution in [-0.2, 0) is 32.6 Å². The van der Waals surface area contributed by atoms with Gasteiger partial charge in [-0.1, -0.05) is 6.42 Å². The number of hydrogen-bond donors (Lipinski definition) is 0. The molecular weight excluding hydrogens is 466 g/mol. The Bertz CT molecular complexity index is 1200. The van der Waals surface area contributed by atoms with E-state index in [1.807, 2.05) is 17.9 Å². The molecule has 0 N–H and O–H groups in total. The molecule has 9 heteroatoms. The molecule has 8 nitrogen and oxygen atoms in total. The van der Waals surface area contributed by atoms with Crippen LogP contribution < -0.4 is 4.90 Å². The molecule has 0 spiro atoms. The zero-order valence-electron chi connectivity index (χ0n) is 20.4. The van der Waals surface area contributed by atoms with Crippen molar-refractivity contribution in [2.75, 3.05) is 25.0 Å². The van der Waals surface area contributed by atoms with Crippen LogP contribution in [0.5, 0.6) is 0 Å². The third-order valence-corrected chi connectivity index (χ3v) is 9.64. The lowest BCUT2D eigenvalue weighted by molar-refractivity contribution is -0.136. The van der Waals surface area contributed by atoms with Crippen molar-refractivity contribution in [3.63, 3.8) is 0 Å². The number of sulfonamides is 1. The molecule has 0 unspecified atom stereocenters. The minimum absolute atomic E-state index is 0.0150. The maximum Gasteiger partial charge on any atom is 0.243 e. The zero-order chi connectivity index (χ0) is 24.7. The highest BCUT2D eigenvalue weighted by Gasteiger charge is 2.38. The molecule has 2 fully saturated rings. The summed E-state index contributed by atoms with van der Waals surface area (Å²) in [4.78, 5) is 29.5. The van der Waals surface area contributed by atoms with Gasteiger partial charge < -0.3 is 14.2 Å². The predicted molar refractivity (Wildman–Crippen MR) is 131 cm³/mol. The van der Waals surface area contributed by atoms with E-state index in [1.54, 1.807) is 42.5 Å². The van der Waals surface area contributed by atoms with Crippen LogP contribution in [0, 0.1) is 11.8 Å². The molecule has 1 atom stereocenters. The van der Waals surface area contributed by atoms with Crippen molar-refractivity contribution in [2.45, 2.75) is 62.9 Å². The van der Waals surface area contributed by atoms with Crippen molar-refractivity contribution in [3.05, 3.63) is 47.9 Å². The van der Waals surface area contributed by atoms with Gasteiger partial charge in [-0.25, -0.2) is 8.42 Å². The minimum atomic E-state index is -3.67. The fourth-order valence-corrected chi connectivity index (χ4v) is 6.99. The molecule has 1 aromatic carbocycles. The van der Waals surface area contributed by atoms with Crippen LogP contribution in [0.4, 0.5) is 5.69 Å². The minimum Gasteiger partial charge on any atom is -0.467 e. The number of piperidine rings is 1. The van der Waals surface area contributed by atoms with Gasteiger partial charge in [0.05, 0.1) is 17.7 Å². The Kier molecular flexibility index (Phi) is 6.48. The number of rotatable bonds is 6. The van der Waals surface area contributed by atoms with Crippen LogP contribution >= 0.6 is 0 Å². The normalized spacial score (nSPS) is 21.5. The van der Waals surface area contributed by atoms with Gasteiger partial charge >= 0.3 is 0 Å². The van der Waals surface area contributed by atoms with E-state index < -0.39 is 10.0 Å². The smallest absolute Gasteiger partial charge is 0.243 e. The summed E-state index contributed by atoms with van der Waals surface area (Å²) in [6.45, 7) is 3.05. The van der Waals surface area contributed by atoms with Crippen LogP contribution in [0.3, 0.4) is 0 Å². The Morgan fingerprint density at radius 1 is 1.09 bits per heavy atom. The molecule has 2 aliphatic heterocycles. The lowest BCUT2D eigenvalue weighted by Gasteiger charge is -2.33. The standard InChI is InChI=1S/C26H33N3O5S/c1-18-15-21-16-23(8-9-24(21)29(18)26(31)19-5-3-6-19)35(32,33)28-12-10-20(11-13-28)25(30)27(2)17-22-7-4-14-34-22/h4,7-9,14,16,18-20H,3,5-6,10-13,15,17H2,1-2H3/t18-/m1/s1. The van der Waals surface area contributed by atoms with Gasteiger partial charge in [-0.3, -0.25) is 9.59 Å². The van der Waals surface area contributed by atoms with Crippen LogP contribution in [-0.4, -0.2) is 55.6 Å². The first-order chi connectivity index (χ1) is 16.8. The molecule has 35 heavy (non-hydrogen) atoms. The molecule has 2 amide bonds. The summed E-state index contributed by atoms with van der Waals surface area (Å²) in [7, 11) is -1.92. The second-order valence-corrected chi connectivity index (χ2v) is 12.1. The van der Waals surface area contributed by atoms with E-state index in [0.29, 0.717) is 38.9 Å². The topological polar surface area (TPSA) is 91.1 Å². The summed E-state index contributed by atoms with van der Waals surface area (Å²) in [6.07, 6.45) is 6.22. The van der Waals surface area contributed by atoms with Gasteiger partial charge in [-0.05, 0) is 74.9 Å². The Morgan fingerprint density at radius 3 is 2.46 bits per heavy atom. The van der Waals surface area contributed by atoms with Crippen LogP contribution in [0.1, 0.15) is 50.4 Å². The summed E-state index contributed by atoms with van der Waals surface area (Å²) in [5, 5.41) is 0. The Labute approximate surface area is 206 Å². The molecule has 1 aromatic heterocycles. The molecule has 3 aliphatic rings. The van der Waals surface area contributed by atoms with E-state index in [-0.39, 0.29) is 34.6 Å². The summed E-state index contributed by atoms with van der Waals surface area (Å²) < 4.78 is 33.6. The van der Waals surface area contributed by atoms with E-state index >= 15 is 0 Å². The predicted octanol–water partition coefficient (Wildman–Crippen LogP) is 3.42. The van der Waals surface area contributed by atoms with E-state index in [2.05, 4.69) is 0 Å². The van der Waals surface area contributed by atoms with Gasteiger partial charge in [0.1, 0.15) is 5.76 Å². The van der Waals surface area contributed by atoms with Gasteiger partial charge in [0.25, 0.3) is 0 Å². The molecule has 1 saturated heterocycles. The number of anilines is 1. The molecule has 0 radical (unpaired) electrons. The number of amides is 2. The second-order valence-electron chi connectivity index (χ2n) is 10.1. The monoisotopic (exact) mass is 499 g/mol. The number of hydrogen-bond acceptors (Lipinski definition) is 5. The van der Waals surface area contributed by atoms with Gasteiger partial charge in [0.15, 0.2) is 0 Å². The first kappa shape index (κ1) is 24.1. The molecule has 3 heterocycles. The number of carbonyl (C=O) groups excluding carboxylic acids is 2. The highest BCUT2D eigenvalue weighted by molar-refractivity contribution is 7.89. The lowest BCUT2D eigenvalue weighted by Crippen LogP contribution is -2.43. The summed E-state index contributed by atoms with van der Waals surface area (Å²) in [5.74, 6) is 0.810. The van der Waals surface area contributed by atoms with Crippen molar-refractivity contribution in [1.29, 1.82) is 0 Å². The van der Waals surface area contributed by atoms with Crippen LogP contribution in [0.25, 0.3) is 0 Å². The first-order valence-electron chi connectivity index (χ1n) is 12.5. The van der Waals surface area contributed by atoms with Gasteiger partial charge in [0.2, 0.25) is 21.8 Å². The van der Waals surface area contributed by atoms with Crippen molar-refractivity contribution < 1.29 is 22.4 Å². The maximum atomic E-state index is 13.4. The number of furan rings is 1. The average Bonchev–Trinajstić information content (AvgIpc) is 3.43. The van der Waals surface area contributed by atoms with Crippen molar-refractivity contribution in [1.82, 2.24) is 9.21 Å². The first-order valence-corrected chi connectivity index (χ1v) is 13.9. The molecule has 0 bridgehead atoms. The average molecular weight is 500 g/mol. The lowest BCUT2D eigenvalue weighted by atomic mass is 9.84. The summed E-state index contributed by atoms with van der Waals surface area (Å²) >= 11 is 0. The molecular formula is C26H33N3O5S. The molecule has 188 valence electrons. The van der Waals surface area contributed by atoms with E-state index in [4.69, 9.17) is 4.42 Å². The fraction of sp³-hybridized carbons (Fsp3) is 0.538. The Morgan fingerprint density at radius 2 is 1.83 bits per heavy atom. The Balaban J connectivity index is 1.24. The molecule has 1 aliphatic carbocycles. The fourth-order valence-electron chi connectivity index (χ4n) is 5.47. The van der Waals surface area contributed by atoms with E-state index in [1.165, 1.54) is 4.31 Å². The number of carbonyl (C=O) groups is 2. The van der Waals surface area contributed by atoms with E-state index in [0.717, 1.165) is 36.3 Å². The quantitative estimate of drug-likeness (QED) is 0.608. The third-order valence-electron chi connectivity index (χ3n) is 7.75. The number of benzene rings is 1. The van der Waals surface area contributed by atoms with Crippen LogP contribution in [0.15, 0.2) is 45.9 Å². The second kappa shape index (κ2) is 9.43. The van der Waals surface area contributed by atoms with Crippen molar-refractivity contribution in [3.8, 4) is 0 Å². The van der Waals surface area contributed by atoms with Crippen LogP contribution in [0.2, 0.25) is 0 Å².